The molecule has 3 nitrogen and oxygen atoms in total. The first-order valence-corrected chi connectivity index (χ1v) is 4.70. The Morgan fingerprint density at radius 2 is 2.00 bits per heavy atom. The molecule has 0 N–H and O–H groups in total. The van der Waals surface area contributed by atoms with Gasteiger partial charge < -0.3 is 4.18 Å². The lowest BCUT2D eigenvalue weighted by Crippen LogP contribution is -2.27. The van der Waals surface area contributed by atoms with Crippen molar-refractivity contribution < 1.29 is 25.8 Å². The van der Waals surface area contributed by atoms with Crippen molar-refractivity contribution in [1.29, 1.82) is 0 Å². The SMILES string of the molecule is O=S(=O)(Oc1c[c]ccc1)C(F)(F)F. The maximum atomic E-state index is 11.8. The van der Waals surface area contributed by atoms with E-state index in [-0.39, 0.29) is 0 Å². The zero-order valence-electron chi connectivity index (χ0n) is 6.58. The summed E-state index contributed by atoms with van der Waals surface area (Å²) in [7, 11) is -5.57. The fraction of sp³-hybridized carbons (Fsp3) is 0.143. The smallest absolute Gasteiger partial charge is 0.376 e. The minimum absolute atomic E-state index is 0.426. The van der Waals surface area contributed by atoms with Crippen LogP contribution in [-0.4, -0.2) is 13.9 Å². The summed E-state index contributed by atoms with van der Waals surface area (Å²) in [6, 6.07) is 7.15. The van der Waals surface area contributed by atoms with Crippen molar-refractivity contribution in [2.45, 2.75) is 5.51 Å². The second-order valence-electron chi connectivity index (χ2n) is 2.22. The van der Waals surface area contributed by atoms with Crippen LogP contribution in [0.15, 0.2) is 24.3 Å². The molecule has 0 bridgehead atoms. The molecule has 77 valence electrons. The van der Waals surface area contributed by atoms with Crippen molar-refractivity contribution in [1.82, 2.24) is 0 Å². The highest BCUT2D eigenvalue weighted by atomic mass is 32.2. The Balaban J connectivity index is 2.91. The third-order valence-corrected chi connectivity index (χ3v) is 2.15. The van der Waals surface area contributed by atoms with Gasteiger partial charge in [-0.2, -0.15) is 21.6 Å². The monoisotopic (exact) mass is 225 g/mol. The summed E-state index contributed by atoms with van der Waals surface area (Å²) in [5, 5.41) is 0. The van der Waals surface area contributed by atoms with Crippen LogP contribution in [0.1, 0.15) is 0 Å². The number of halogens is 3. The van der Waals surface area contributed by atoms with Crippen LogP contribution >= 0.6 is 0 Å². The van der Waals surface area contributed by atoms with Gasteiger partial charge in [-0.05, 0) is 18.2 Å². The molecule has 1 radical (unpaired) electrons. The lowest BCUT2D eigenvalue weighted by atomic mass is 10.3. The van der Waals surface area contributed by atoms with Gasteiger partial charge in [0.05, 0.1) is 0 Å². The van der Waals surface area contributed by atoms with E-state index >= 15 is 0 Å². The Morgan fingerprint density at radius 1 is 1.36 bits per heavy atom. The van der Waals surface area contributed by atoms with Gasteiger partial charge in [0.2, 0.25) is 0 Å². The summed E-state index contributed by atoms with van der Waals surface area (Å²) in [4.78, 5) is 0. The molecule has 1 aromatic rings. The summed E-state index contributed by atoms with van der Waals surface area (Å²) >= 11 is 0. The van der Waals surface area contributed by atoms with E-state index in [2.05, 4.69) is 10.2 Å². The summed E-state index contributed by atoms with van der Waals surface area (Å²) < 4.78 is 60.1. The summed E-state index contributed by atoms with van der Waals surface area (Å²) in [6.07, 6.45) is 0. The van der Waals surface area contributed by atoms with Crippen LogP contribution in [0.3, 0.4) is 0 Å². The van der Waals surface area contributed by atoms with Crippen LogP contribution in [0.2, 0.25) is 0 Å². The zero-order chi connectivity index (χ0) is 10.8. The minimum atomic E-state index is -5.57. The molecule has 0 saturated carbocycles. The van der Waals surface area contributed by atoms with E-state index in [9.17, 15) is 21.6 Å². The van der Waals surface area contributed by atoms with E-state index in [0.717, 1.165) is 12.1 Å². The van der Waals surface area contributed by atoms with Crippen molar-refractivity contribution in [2.24, 2.45) is 0 Å². The molecule has 7 heteroatoms. The summed E-state index contributed by atoms with van der Waals surface area (Å²) in [6.45, 7) is 0. The molecule has 0 aliphatic carbocycles. The molecule has 14 heavy (non-hydrogen) atoms. The molecule has 0 unspecified atom stereocenters. The highest BCUT2D eigenvalue weighted by Gasteiger charge is 2.48. The van der Waals surface area contributed by atoms with Crippen LogP contribution in [-0.2, 0) is 10.1 Å². The number of hydrogen-bond donors (Lipinski definition) is 0. The van der Waals surface area contributed by atoms with Crippen molar-refractivity contribution in [3.8, 4) is 5.75 Å². The van der Waals surface area contributed by atoms with Gasteiger partial charge in [-0.15, -0.1) is 0 Å². The summed E-state index contributed by atoms with van der Waals surface area (Å²) in [5.74, 6) is -0.426. The van der Waals surface area contributed by atoms with E-state index in [0.29, 0.717) is 0 Å². The first-order valence-electron chi connectivity index (χ1n) is 3.30. The molecule has 0 aliphatic rings. The average Bonchev–Trinajstić information content (AvgIpc) is 2.03. The van der Waals surface area contributed by atoms with Gasteiger partial charge in [-0.25, -0.2) is 0 Å². The molecule has 0 atom stereocenters. The summed E-state index contributed by atoms with van der Waals surface area (Å²) in [5.41, 5.74) is -5.41. The van der Waals surface area contributed by atoms with E-state index in [1.807, 2.05) is 0 Å². The van der Waals surface area contributed by atoms with Crippen molar-refractivity contribution >= 4 is 10.1 Å². The van der Waals surface area contributed by atoms with E-state index in [1.165, 1.54) is 12.1 Å². The maximum absolute atomic E-state index is 11.8. The first-order chi connectivity index (χ1) is 6.33. The molecular formula is C7H4F3O3S. The van der Waals surface area contributed by atoms with Crippen LogP contribution in [0.5, 0.6) is 5.75 Å². The van der Waals surface area contributed by atoms with Crippen LogP contribution in [0.25, 0.3) is 0 Å². The Bertz CT molecular complexity index is 396. The van der Waals surface area contributed by atoms with E-state index < -0.39 is 21.4 Å². The largest absolute Gasteiger partial charge is 0.534 e. The fourth-order valence-electron chi connectivity index (χ4n) is 0.603. The van der Waals surface area contributed by atoms with Crippen LogP contribution in [0.4, 0.5) is 13.2 Å². The minimum Gasteiger partial charge on any atom is -0.376 e. The lowest BCUT2D eigenvalue weighted by Gasteiger charge is -2.08. The first kappa shape index (κ1) is 10.8. The second-order valence-corrected chi connectivity index (χ2v) is 3.76. The normalized spacial score (nSPS) is 12.5. The van der Waals surface area contributed by atoms with E-state index in [4.69, 9.17) is 0 Å². The Hall–Kier alpha value is -1.24. The fourth-order valence-corrected chi connectivity index (χ4v) is 1.05. The number of rotatable bonds is 2. The number of alkyl halides is 3. The lowest BCUT2D eigenvalue weighted by molar-refractivity contribution is -0.0500. The van der Waals surface area contributed by atoms with Gasteiger partial charge in [-0.1, -0.05) is 12.1 Å². The molecule has 1 aromatic carbocycles. The van der Waals surface area contributed by atoms with E-state index in [1.54, 1.807) is 0 Å². The van der Waals surface area contributed by atoms with Gasteiger partial charge >= 0.3 is 15.6 Å². The predicted molar refractivity (Wildman–Crippen MR) is 40.9 cm³/mol. The molecular weight excluding hydrogens is 221 g/mol. The molecule has 0 aliphatic heterocycles. The molecule has 0 spiro atoms. The average molecular weight is 225 g/mol. The van der Waals surface area contributed by atoms with Crippen molar-refractivity contribution in [3.63, 3.8) is 0 Å². The highest BCUT2D eigenvalue weighted by molar-refractivity contribution is 7.87. The number of hydrogen-bond acceptors (Lipinski definition) is 3. The maximum Gasteiger partial charge on any atom is 0.534 e. The third kappa shape index (κ3) is 2.38. The molecule has 0 fully saturated rings. The van der Waals surface area contributed by atoms with Crippen molar-refractivity contribution in [3.05, 3.63) is 30.3 Å². The third-order valence-electron chi connectivity index (χ3n) is 1.17. The van der Waals surface area contributed by atoms with Gasteiger partial charge in [0.25, 0.3) is 0 Å². The van der Waals surface area contributed by atoms with Gasteiger partial charge in [0.1, 0.15) is 5.75 Å². The predicted octanol–water partition coefficient (Wildman–Crippen LogP) is 1.72. The Kier molecular flexibility index (Phi) is 2.70. The molecule has 0 saturated heterocycles. The van der Waals surface area contributed by atoms with Gasteiger partial charge in [0, 0.05) is 0 Å². The van der Waals surface area contributed by atoms with Gasteiger partial charge in [-0.3, -0.25) is 0 Å². The quantitative estimate of drug-likeness (QED) is 0.568. The number of benzene rings is 1. The van der Waals surface area contributed by atoms with Gasteiger partial charge in [0.15, 0.2) is 0 Å². The molecule has 0 aromatic heterocycles. The highest BCUT2D eigenvalue weighted by Crippen LogP contribution is 2.26. The zero-order valence-corrected chi connectivity index (χ0v) is 7.39. The van der Waals surface area contributed by atoms with Crippen molar-refractivity contribution in [2.75, 3.05) is 0 Å². The standard InChI is InChI=1S/C7H4F3O3S/c8-7(9,10)14(11,12)13-6-4-2-1-3-5-6/h1-2,4-5H. The Morgan fingerprint density at radius 3 is 2.43 bits per heavy atom. The topological polar surface area (TPSA) is 43.4 Å². The molecule has 1 rings (SSSR count). The molecule has 0 heterocycles. The Labute approximate surface area is 78.2 Å². The second kappa shape index (κ2) is 3.49. The molecule has 0 amide bonds. The van der Waals surface area contributed by atoms with Crippen LogP contribution in [0, 0.1) is 6.07 Å². The van der Waals surface area contributed by atoms with Crippen LogP contribution < -0.4 is 4.18 Å².